The van der Waals surface area contributed by atoms with Crippen LogP contribution < -0.4 is 5.32 Å². The number of anilines is 1. The molecule has 17 heavy (non-hydrogen) atoms. The van der Waals surface area contributed by atoms with Crippen molar-refractivity contribution in [1.82, 2.24) is 0 Å². The van der Waals surface area contributed by atoms with E-state index in [1.54, 1.807) is 6.92 Å². The molecule has 0 spiro atoms. The molecule has 88 valence electrons. The summed E-state index contributed by atoms with van der Waals surface area (Å²) in [5.74, 6) is -1.52. The van der Waals surface area contributed by atoms with E-state index in [1.165, 1.54) is 12.3 Å². The predicted octanol–water partition coefficient (Wildman–Crippen LogP) is 3.12. The second-order valence-electron chi connectivity index (χ2n) is 3.50. The Labute approximate surface area is 96.1 Å². The third kappa shape index (κ3) is 2.50. The van der Waals surface area contributed by atoms with Crippen LogP contribution in [0.15, 0.2) is 34.9 Å². The first kappa shape index (κ1) is 11.3. The Morgan fingerprint density at radius 1 is 1.24 bits per heavy atom. The van der Waals surface area contributed by atoms with Gasteiger partial charge < -0.3 is 9.73 Å². The van der Waals surface area contributed by atoms with Gasteiger partial charge >= 0.3 is 0 Å². The van der Waals surface area contributed by atoms with Gasteiger partial charge in [0, 0.05) is 11.8 Å². The smallest absolute Gasteiger partial charge is 0.259 e. The van der Waals surface area contributed by atoms with Crippen molar-refractivity contribution >= 4 is 11.6 Å². The van der Waals surface area contributed by atoms with Gasteiger partial charge in [-0.3, -0.25) is 4.79 Å². The van der Waals surface area contributed by atoms with Crippen molar-refractivity contribution < 1.29 is 18.0 Å². The van der Waals surface area contributed by atoms with Crippen LogP contribution in [-0.2, 0) is 0 Å². The lowest BCUT2D eigenvalue weighted by Crippen LogP contribution is -2.12. The fourth-order valence-corrected chi connectivity index (χ4v) is 1.44. The number of halogens is 2. The predicted molar refractivity (Wildman–Crippen MR) is 57.8 cm³/mol. The molecular weight excluding hydrogens is 228 g/mol. The molecule has 0 radical (unpaired) electrons. The van der Waals surface area contributed by atoms with Gasteiger partial charge in [0.1, 0.15) is 17.4 Å². The van der Waals surface area contributed by atoms with E-state index in [-0.39, 0.29) is 5.69 Å². The molecule has 0 fully saturated rings. The van der Waals surface area contributed by atoms with Crippen molar-refractivity contribution in [1.29, 1.82) is 0 Å². The summed E-state index contributed by atoms with van der Waals surface area (Å²) in [5.41, 5.74) is 0.391. The number of benzene rings is 1. The number of aryl methyl sites for hydroxylation is 1. The highest BCUT2D eigenvalue weighted by Crippen LogP contribution is 2.16. The normalized spacial score (nSPS) is 10.3. The Morgan fingerprint density at radius 3 is 2.41 bits per heavy atom. The molecule has 0 bridgehead atoms. The zero-order valence-electron chi connectivity index (χ0n) is 8.96. The maximum Gasteiger partial charge on any atom is 0.259 e. The maximum absolute atomic E-state index is 12.9. The summed E-state index contributed by atoms with van der Waals surface area (Å²) in [7, 11) is 0. The molecule has 5 heteroatoms. The van der Waals surface area contributed by atoms with E-state index in [1.807, 2.05) is 0 Å². The summed E-state index contributed by atoms with van der Waals surface area (Å²) < 4.78 is 30.7. The molecule has 1 amide bonds. The highest BCUT2D eigenvalue weighted by atomic mass is 19.1. The van der Waals surface area contributed by atoms with Crippen LogP contribution in [-0.4, -0.2) is 5.91 Å². The molecule has 1 aromatic heterocycles. The molecule has 1 aromatic carbocycles. The van der Waals surface area contributed by atoms with E-state index in [0.29, 0.717) is 11.3 Å². The van der Waals surface area contributed by atoms with Crippen LogP contribution in [0.5, 0.6) is 0 Å². The molecule has 3 nitrogen and oxygen atoms in total. The van der Waals surface area contributed by atoms with Crippen molar-refractivity contribution in [2.24, 2.45) is 0 Å². The monoisotopic (exact) mass is 237 g/mol. The summed E-state index contributed by atoms with van der Waals surface area (Å²) in [4.78, 5) is 11.7. The van der Waals surface area contributed by atoms with Crippen molar-refractivity contribution in [3.05, 3.63) is 53.5 Å². The number of nitrogens with one attached hydrogen (secondary N) is 1. The number of furan rings is 1. The highest BCUT2D eigenvalue weighted by Gasteiger charge is 2.12. The summed E-state index contributed by atoms with van der Waals surface area (Å²) in [6.45, 7) is 1.63. The molecule has 1 N–H and O–H groups in total. The average molecular weight is 237 g/mol. The Bertz CT molecular complexity index is 543. The van der Waals surface area contributed by atoms with Gasteiger partial charge in [0.15, 0.2) is 0 Å². The number of carbonyl (C=O) groups is 1. The minimum Gasteiger partial charge on any atom is -0.469 e. The first-order valence-corrected chi connectivity index (χ1v) is 4.88. The lowest BCUT2D eigenvalue weighted by molar-refractivity contribution is 0.102. The Morgan fingerprint density at radius 2 is 1.88 bits per heavy atom. The van der Waals surface area contributed by atoms with E-state index in [2.05, 4.69) is 5.32 Å². The second kappa shape index (κ2) is 4.37. The van der Waals surface area contributed by atoms with Crippen LogP contribution >= 0.6 is 0 Å². The number of hydrogen-bond donors (Lipinski definition) is 1. The molecule has 2 rings (SSSR count). The number of rotatable bonds is 2. The van der Waals surface area contributed by atoms with Gasteiger partial charge in [0.2, 0.25) is 0 Å². The van der Waals surface area contributed by atoms with E-state index in [0.717, 1.165) is 18.2 Å². The average Bonchev–Trinajstić information content (AvgIpc) is 2.62. The van der Waals surface area contributed by atoms with Gasteiger partial charge in [-0.05, 0) is 25.1 Å². The molecule has 2 aromatic rings. The SMILES string of the molecule is Cc1occc1C(=O)Nc1cc(F)cc(F)c1. The zero-order chi connectivity index (χ0) is 12.4. The maximum atomic E-state index is 12.9. The minimum atomic E-state index is -0.746. The Kier molecular flexibility index (Phi) is 2.91. The van der Waals surface area contributed by atoms with E-state index in [9.17, 15) is 13.6 Å². The van der Waals surface area contributed by atoms with Crippen LogP contribution in [0.3, 0.4) is 0 Å². The van der Waals surface area contributed by atoms with Gasteiger partial charge in [-0.15, -0.1) is 0 Å². The standard InChI is InChI=1S/C12H9F2NO2/c1-7-11(2-3-17-7)12(16)15-10-5-8(13)4-9(14)6-10/h2-6H,1H3,(H,15,16). The first-order chi connectivity index (χ1) is 8.06. The summed E-state index contributed by atoms with van der Waals surface area (Å²) in [6, 6.07) is 4.30. The number of hydrogen-bond acceptors (Lipinski definition) is 2. The van der Waals surface area contributed by atoms with Crippen molar-refractivity contribution in [3.8, 4) is 0 Å². The molecule has 0 aliphatic carbocycles. The van der Waals surface area contributed by atoms with Crippen LogP contribution in [0.1, 0.15) is 16.1 Å². The first-order valence-electron chi connectivity index (χ1n) is 4.88. The Hall–Kier alpha value is -2.17. The van der Waals surface area contributed by atoms with Gasteiger partial charge in [0.05, 0.1) is 11.8 Å². The Balaban J connectivity index is 2.21. The molecule has 0 atom stereocenters. The number of amides is 1. The van der Waals surface area contributed by atoms with Gasteiger partial charge in [-0.25, -0.2) is 8.78 Å². The third-order valence-electron chi connectivity index (χ3n) is 2.22. The largest absolute Gasteiger partial charge is 0.469 e. The van der Waals surface area contributed by atoms with Gasteiger partial charge in [-0.1, -0.05) is 0 Å². The fraction of sp³-hybridized carbons (Fsp3) is 0.0833. The van der Waals surface area contributed by atoms with Crippen molar-refractivity contribution in [2.75, 3.05) is 5.32 Å². The lowest BCUT2D eigenvalue weighted by Gasteiger charge is -2.04. The van der Waals surface area contributed by atoms with Crippen LogP contribution in [0, 0.1) is 18.6 Å². The zero-order valence-corrected chi connectivity index (χ0v) is 8.96. The lowest BCUT2D eigenvalue weighted by atomic mass is 10.2. The molecule has 1 heterocycles. The molecule has 0 aliphatic rings. The second-order valence-corrected chi connectivity index (χ2v) is 3.50. The van der Waals surface area contributed by atoms with E-state index >= 15 is 0 Å². The number of carbonyl (C=O) groups excluding carboxylic acids is 1. The highest BCUT2D eigenvalue weighted by molar-refractivity contribution is 6.04. The van der Waals surface area contributed by atoms with Gasteiger partial charge in [-0.2, -0.15) is 0 Å². The van der Waals surface area contributed by atoms with Crippen LogP contribution in [0.2, 0.25) is 0 Å². The quantitative estimate of drug-likeness (QED) is 0.871. The molecule has 0 saturated carbocycles. The molecular formula is C12H9F2NO2. The molecule has 0 unspecified atom stereocenters. The summed E-state index contributed by atoms with van der Waals surface area (Å²) >= 11 is 0. The van der Waals surface area contributed by atoms with E-state index in [4.69, 9.17) is 4.42 Å². The summed E-state index contributed by atoms with van der Waals surface area (Å²) in [6.07, 6.45) is 1.37. The topological polar surface area (TPSA) is 42.2 Å². The van der Waals surface area contributed by atoms with Crippen molar-refractivity contribution in [3.63, 3.8) is 0 Å². The van der Waals surface area contributed by atoms with E-state index < -0.39 is 17.5 Å². The fourth-order valence-electron chi connectivity index (χ4n) is 1.44. The van der Waals surface area contributed by atoms with Gasteiger partial charge in [0.25, 0.3) is 5.91 Å². The van der Waals surface area contributed by atoms with Crippen LogP contribution in [0.25, 0.3) is 0 Å². The van der Waals surface area contributed by atoms with Crippen molar-refractivity contribution in [2.45, 2.75) is 6.92 Å². The summed E-state index contributed by atoms with van der Waals surface area (Å²) in [5, 5.41) is 2.39. The molecule has 0 aliphatic heterocycles. The third-order valence-corrected chi connectivity index (χ3v) is 2.22. The van der Waals surface area contributed by atoms with Crippen LogP contribution in [0.4, 0.5) is 14.5 Å². The minimum absolute atomic E-state index is 0.0631. The molecule has 0 saturated heterocycles.